The number of nitrogens with zero attached hydrogens (tertiary/aromatic N) is 2. The van der Waals surface area contributed by atoms with Crippen LogP contribution in [0.15, 0.2) is 34.1 Å². The number of aromatic nitrogens is 3. The normalized spacial score (nSPS) is 21.3. The molecule has 0 aromatic carbocycles. The molecule has 3 N–H and O–H groups in total. The van der Waals surface area contributed by atoms with Gasteiger partial charge in [-0.1, -0.05) is 0 Å². The third kappa shape index (κ3) is 5.91. The van der Waals surface area contributed by atoms with Crippen molar-refractivity contribution in [2.24, 2.45) is 11.8 Å². The van der Waals surface area contributed by atoms with Crippen LogP contribution in [0.3, 0.4) is 0 Å². The van der Waals surface area contributed by atoms with Crippen molar-refractivity contribution in [3.63, 3.8) is 0 Å². The van der Waals surface area contributed by atoms with E-state index in [1.54, 1.807) is 6.20 Å². The number of amides is 2. The van der Waals surface area contributed by atoms with Crippen LogP contribution in [0.2, 0.25) is 0 Å². The van der Waals surface area contributed by atoms with Crippen LogP contribution in [0.4, 0.5) is 8.78 Å². The van der Waals surface area contributed by atoms with E-state index in [0.717, 1.165) is 40.2 Å². The Kier molecular flexibility index (Phi) is 8.27. The molecule has 1 unspecified atom stereocenters. The van der Waals surface area contributed by atoms with Crippen LogP contribution in [-0.2, 0) is 11.3 Å². The highest BCUT2D eigenvalue weighted by molar-refractivity contribution is 7.98. The van der Waals surface area contributed by atoms with Crippen molar-refractivity contribution in [2.75, 3.05) is 6.26 Å². The summed E-state index contributed by atoms with van der Waals surface area (Å²) in [6.45, 7) is 5.99. The molecule has 2 fully saturated rings. The van der Waals surface area contributed by atoms with Crippen LogP contribution in [-0.4, -0.2) is 44.6 Å². The fraction of sp³-hybridized carbons (Fsp3) is 0.533. The first kappa shape index (κ1) is 29.3. The Bertz CT molecular complexity index is 1520. The second-order valence-electron chi connectivity index (χ2n) is 11.5. The number of aromatic amines is 1. The Morgan fingerprint density at radius 3 is 2.59 bits per heavy atom. The van der Waals surface area contributed by atoms with E-state index in [9.17, 15) is 23.2 Å². The monoisotopic (exact) mass is 585 g/mol. The molecule has 0 spiro atoms. The van der Waals surface area contributed by atoms with Crippen LogP contribution in [0, 0.1) is 25.7 Å². The molecule has 3 aromatic heterocycles. The predicted molar refractivity (Wildman–Crippen MR) is 155 cm³/mol. The van der Waals surface area contributed by atoms with Gasteiger partial charge < -0.3 is 20.2 Å². The third-order valence-corrected chi connectivity index (χ3v) is 9.58. The molecule has 0 bridgehead atoms. The molecule has 3 heterocycles. The first-order valence-electron chi connectivity index (χ1n) is 14.2. The second kappa shape index (κ2) is 11.6. The van der Waals surface area contributed by atoms with Gasteiger partial charge >= 0.3 is 0 Å². The van der Waals surface area contributed by atoms with Gasteiger partial charge in [0, 0.05) is 70.8 Å². The Morgan fingerprint density at radius 1 is 1.22 bits per heavy atom. The molecule has 0 saturated heterocycles. The number of nitrogens with one attached hydrogen (secondary N) is 3. The van der Waals surface area contributed by atoms with E-state index in [2.05, 4.69) is 32.1 Å². The maximum atomic E-state index is 13.6. The lowest BCUT2D eigenvalue weighted by Crippen LogP contribution is -2.52. The lowest BCUT2D eigenvalue weighted by molar-refractivity contribution is -0.134. The molecule has 11 heteroatoms. The molecule has 8 nitrogen and oxygen atoms in total. The lowest BCUT2D eigenvalue weighted by atomic mass is 9.78. The van der Waals surface area contributed by atoms with Gasteiger partial charge in [0.05, 0.1) is 5.56 Å². The summed E-state index contributed by atoms with van der Waals surface area (Å²) < 4.78 is 28.4. The quantitative estimate of drug-likeness (QED) is 0.312. The fourth-order valence-electron chi connectivity index (χ4n) is 6.49. The Labute approximate surface area is 242 Å². The maximum absolute atomic E-state index is 13.6. The molecule has 0 radical (unpaired) electrons. The van der Waals surface area contributed by atoms with E-state index in [1.165, 1.54) is 11.8 Å². The average molecular weight is 586 g/mol. The van der Waals surface area contributed by atoms with Crippen molar-refractivity contribution in [3.05, 3.63) is 57.3 Å². The molecule has 3 aromatic rings. The van der Waals surface area contributed by atoms with Gasteiger partial charge in [-0.25, -0.2) is 13.8 Å². The van der Waals surface area contributed by atoms with Gasteiger partial charge in [-0.3, -0.25) is 14.4 Å². The molecule has 220 valence electrons. The number of alkyl halides is 2. The Balaban J connectivity index is 1.30. The van der Waals surface area contributed by atoms with E-state index in [0.29, 0.717) is 24.0 Å². The van der Waals surface area contributed by atoms with Crippen molar-refractivity contribution >= 4 is 34.6 Å². The number of fused-ring (bicyclic) bond motifs is 1. The topological polar surface area (TPSA) is 109 Å². The number of thioether (sulfide) groups is 1. The summed E-state index contributed by atoms with van der Waals surface area (Å²) >= 11 is 1.47. The first-order valence-corrected chi connectivity index (χ1v) is 15.4. The van der Waals surface area contributed by atoms with E-state index in [4.69, 9.17) is 0 Å². The molecule has 2 saturated carbocycles. The number of hydrogen-bond acceptors (Lipinski definition) is 5. The molecular weight excluding hydrogens is 548 g/mol. The lowest BCUT2D eigenvalue weighted by Gasteiger charge is -2.37. The highest BCUT2D eigenvalue weighted by Gasteiger charge is 2.46. The highest BCUT2D eigenvalue weighted by Crippen LogP contribution is 2.40. The minimum absolute atomic E-state index is 0.0336. The predicted octanol–water partition coefficient (Wildman–Crippen LogP) is 5.27. The standard InChI is InChI=1S/C30H37F2N5O3S/c1-16-12-24(41-4)23(28(39)35-16)15-34-29(40)25-18(3)37(26-22(25)6-5-11-33-26)17(2)19-7-9-20(10-8-19)27(38)36-21-13-30(31,32)14-21/h5-6,11-12,17,19-21H,7-10,13-15H2,1-4H3,(H,34,40)(H,35,39)(H,36,38). The molecule has 2 aliphatic rings. The number of rotatable bonds is 8. The van der Waals surface area contributed by atoms with Gasteiger partial charge in [-0.05, 0) is 76.8 Å². The summed E-state index contributed by atoms with van der Waals surface area (Å²) in [6.07, 6.45) is 6.12. The number of halogens is 2. The number of pyridine rings is 2. The summed E-state index contributed by atoms with van der Waals surface area (Å²) in [5.41, 5.74) is 3.16. The second-order valence-corrected chi connectivity index (χ2v) is 12.4. The van der Waals surface area contributed by atoms with Crippen molar-refractivity contribution in [3.8, 4) is 0 Å². The zero-order chi connectivity index (χ0) is 29.5. The Hall–Kier alpha value is -3.21. The van der Waals surface area contributed by atoms with Crippen molar-refractivity contribution in [2.45, 2.75) is 88.7 Å². The zero-order valence-electron chi connectivity index (χ0n) is 23.9. The number of hydrogen-bond donors (Lipinski definition) is 3. The van der Waals surface area contributed by atoms with Crippen LogP contribution in [0.1, 0.15) is 78.8 Å². The van der Waals surface area contributed by atoms with E-state index >= 15 is 0 Å². The summed E-state index contributed by atoms with van der Waals surface area (Å²) in [5, 5.41) is 6.51. The SMILES string of the molecule is CSc1cc(C)[nH]c(=O)c1CNC(=O)c1c(C)n(C(C)C2CCC(C(=O)NC3CC(F)(F)C3)CC2)c2ncccc12. The van der Waals surface area contributed by atoms with E-state index in [1.807, 2.05) is 38.3 Å². The summed E-state index contributed by atoms with van der Waals surface area (Å²) in [7, 11) is 0. The summed E-state index contributed by atoms with van der Waals surface area (Å²) in [5.74, 6) is -2.92. The van der Waals surface area contributed by atoms with Crippen molar-refractivity contribution in [1.82, 2.24) is 25.2 Å². The summed E-state index contributed by atoms with van der Waals surface area (Å²) in [4.78, 5) is 47.1. The number of H-pyrrole nitrogens is 1. The van der Waals surface area contributed by atoms with E-state index in [-0.39, 0.29) is 54.6 Å². The molecule has 5 rings (SSSR count). The van der Waals surface area contributed by atoms with Crippen LogP contribution < -0.4 is 16.2 Å². The minimum atomic E-state index is -2.65. The molecular formula is C30H37F2N5O3S. The first-order chi connectivity index (χ1) is 19.5. The average Bonchev–Trinajstić information content (AvgIpc) is 3.22. The number of aryl methyl sites for hydroxylation is 1. The zero-order valence-corrected chi connectivity index (χ0v) is 24.7. The fourth-order valence-corrected chi connectivity index (χ4v) is 7.20. The van der Waals surface area contributed by atoms with Gasteiger partial charge in [0.1, 0.15) is 5.65 Å². The molecule has 2 amide bonds. The van der Waals surface area contributed by atoms with Crippen molar-refractivity contribution < 1.29 is 18.4 Å². The number of carbonyl (C=O) groups excluding carboxylic acids is 2. The van der Waals surface area contributed by atoms with Gasteiger partial charge in [0.25, 0.3) is 17.4 Å². The highest BCUT2D eigenvalue weighted by atomic mass is 32.2. The Morgan fingerprint density at radius 2 is 1.93 bits per heavy atom. The van der Waals surface area contributed by atoms with Crippen molar-refractivity contribution in [1.29, 1.82) is 0 Å². The van der Waals surface area contributed by atoms with Crippen LogP contribution in [0.25, 0.3) is 11.0 Å². The molecule has 2 aliphatic carbocycles. The van der Waals surface area contributed by atoms with Crippen LogP contribution >= 0.6 is 11.8 Å². The molecule has 41 heavy (non-hydrogen) atoms. The third-order valence-electron chi connectivity index (χ3n) is 8.78. The van der Waals surface area contributed by atoms with Gasteiger partial charge in [0.15, 0.2) is 0 Å². The largest absolute Gasteiger partial charge is 0.353 e. The van der Waals surface area contributed by atoms with Crippen LogP contribution in [0.5, 0.6) is 0 Å². The van der Waals surface area contributed by atoms with Gasteiger partial charge in [-0.15, -0.1) is 11.8 Å². The van der Waals surface area contributed by atoms with Gasteiger partial charge in [-0.2, -0.15) is 0 Å². The maximum Gasteiger partial charge on any atom is 0.254 e. The minimum Gasteiger partial charge on any atom is -0.353 e. The smallest absolute Gasteiger partial charge is 0.254 e. The summed E-state index contributed by atoms with van der Waals surface area (Å²) in [6, 6.07) is 5.22. The van der Waals surface area contributed by atoms with Gasteiger partial charge in [0.2, 0.25) is 5.91 Å². The number of carbonyl (C=O) groups is 2. The molecule has 1 atom stereocenters. The van der Waals surface area contributed by atoms with E-state index < -0.39 is 12.0 Å². The molecule has 0 aliphatic heterocycles.